The van der Waals surface area contributed by atoms with E-state index < -0.39 is 0 Å². The Morgan fingerprint density at radius 3 is 2.58 bits per heavy atom. The summed E-state index contributed by atoms with van der Waals surface area (Å²) in [6, 6.07) is 0. The number of ether oxygens (including phenoxy) is 3. The van der Waals surface area contributed by atoms with Crippen molar-refractivity contribution in [2.45, 2.75) is 84.8 Å². The summed E-state index contributed by atoms with van der Waals surface area (Å²) < 4.78 is 17.7. The quantitative estimate of drug-likeness (QED) is 0.353. The molecule has 8 atom stereocenters. The van der Waals surface area contributed by atoms with Gasteiger partial charge in [-0.1, -0.05) is 18.6 Å². The number of fused-ring (bicyclic) bond motifs is 4. The molecule has 6 nitrogen and oxygen atoms in total. The molecule has 0 aromatic carbocycles. The SMILES string of the molecule is CC(=O)O[C@H]1CC[C@@]2(C)[C@@H](CC[C@H]3C4=CC[C@@H]5C(C)=C(C=O)OC[C@]45[C@@H](OC(C)=O)C[C@@H]32)C1. The monoisotopic (exact) mass is 456 g/mol. The Morgan fingerprint density at radius 1 is 1.12 bits per heavy atom. The van der Waals surface area contributed by atoms with E-state index >= 15 is 0 Å². The molecule has 6 heteroatoms. The van der Waals surface area contributed by atoms with Gasteiger partial charge in [0.25, 0.3) is 0 Å². The largest absolute Gasteiger partial charge is 0.489 e. The molecule has 1 heterocycles. The maximum Gasteiger partial charge on any atom is 0.302 e. The van der Waals surface area contributed by atoms with Crippen LogP contribution in [0.2, 0.25) is 0 Å². The van der Waals surface area contributed by atoms with Gasteiger partial charge >= 0.3 is 11.9 Å². The molecule has 0 aromatic heterocycles. The second-order valence-corrected chi connectivity index (χ2v) is 11.3. The van der Waals surface area contributed by atoms with E-state index in [9.17, 15) is 14.4 Å². The highest BCUT2D eigenvalue weighted by Crippen LogP contribution is 2.68. The molecular weight excluding hydrogens is 420 g/mol. The van der Waals surface area contributed by atoms with Crippen LogP contribution in [0.4, 0.5) is 0 Å². The van der Waals surface area contributed by atoms with Gasteiger partial charge in [0, 0.05) is 19.8 Å². The Hall–Kier alpha value is -2.11. The zero-order chi connectivity index (χ0) is 23.5. The maximum atomic E-state index is 12.2. The van der Waals surface area contributed by atoms with Crippen molar-refractivity contribution < 1.29 is 28.6 Å². The summed E-state index contributed by atoms with van der Waals surface area (Å²) in [6.07, 6.45) is 9.76. The Balaban J connectivity index is 1.50. The van der Waals surface area contributed by atoms with Gasteiger partial charge < -0.3 is 14.2 Å². The number of carbonyl (C=O) groups is 3. The molecule has 0 radical (unpaired) electrons. The van der Waals surface area contributed by atoms with E-state index in [1.165, 1.54) is 19.4 Å². The molecule has 3 fully saturated rings. The summed E-state index contributed by atoms with van der Waals surface area (Å²) in [6.45, 7) is 7.81. The number of rotatable bonds is 3. The third-order valence-electron chi connectivity index (χ3n) is 9.94. The van der Waals surface area contributed by atoms with Crippen molar-refractivity contribution >= 4 is 18.2 Å². The third kappa shape index (κ3) is 3.30. The fourth-order valence-electron chi connectivity index (χ4n) is 8.50. The first-order chi connectivity index (χ1) is 15.7. The maximum absolute atomic E-state index is 12.2. The molecule has 180 valence electrons. The van der Waals surface area contributed by atoms with Gasteiger partial charge in [-0.3, -0.25) is 14.4 Å². The average molecular weight is 457 g/mol. The summed E-state index contributed by atoms with van der Waals surface area (Å²) >= 11 is 0. The van der Waals surface area contributed by atoms with Gasteiger partial charge in [-0.05, 0) is 80.6 Å². The van der Waals surface area contributed by atoms with Gasteiger partial charge in [0.1, 0.15) is 18.8 Å². The van der Waals surface area contributed by atoms with Crippen LogP contribution in [0.1, 0.15) is 72.6 Å². The van der Waals surface area contributed by atoms with Crippen molar-refractivity contribution in [2.24, 2.45) is 34.5 Å². The lowest BCUT2D eigenvalue weighted by atomic mass is 9.44. The van der Waals surface area contributed by atoms with Crippen molar-refractivity contribution in [1.82, 2.24) is 0 Å². The van der Waals surface area contributed by atoms with Crippen molar-refractivity contribution in [3.63, 3.8) is 0 Å². The van der Waals surface area contributed by atoms with Crippen molar-refractivity contribution in [2.75, 3.05) is 6.61 Å². The zero-order valence-corrected chi connectivity index (χ0v) is 20.2. The summed E-state index contributed by atoms with van der Waals surface area (Å²) in [4.78, 5) is 35.4. The van der Waals surface area contributed by atoms with Crippen LogP contribution in [0.15, 0.2) is 23.0 Å². The third-order valence-corrected chi connectivity index (χ3v) is 9.94. The second kappa shape index (κ2) is 7.99. The number of allylic oxidation sites excluding steroid dienone is 3. The van der Waals surface area contributed by atoms with E-state index in [-0.39, 0.29) is 40.9 Å². The fourth-order valence-corrected chi connectivity index (χ4v) is 8.50. The molecule has 0 N–H and O–H groups in total. The number of hydrogen-bond acceptors (Lipinski definition) is 6. The standard InChI is InChI=1S/C27H36O6/c1-15-21-7-8-22-20-6-5-18-11-19(32-16(2)29)9-10-26(18,4)23(20)12-25(33-17(3)30)27(21,22)14-31-24(15)13-28/h8,13,18-21,23,25H,5-7,9-12,14H2,1-4H3/t18-,19-,20-,21+,23-,25-,26-,27+/m0/s1. The van der Waals surface area contributed by atoms with Gasteiger partial charge in [0.2, 0.25) is 0 Å². The van der Waals surface area contributed by atoms with E-state index in [0.717, 1.165) is 56.8 Å². The van der Waals surface area contributed by atoms with E-state index in [2.05, 4.69) is 13.0 Å². The van der Waals surface area contributed by atoms with Crippen molar-refractivity contribution in [3.05, 3.63) is 23.0 Å². The van der Waals surface area contributed by atoms with Gasteiger partial charge in [0.05, 0.1) is 5.41 Å². The first-order valence-electron chi connectivity index (χ1n) is 12.5. The Morgan fingerprint density at radius 2 is 1.88 bits per heavy atom. The Bertz CT molecular complexity index is 933. The smallest absolute Gasteiger partial charge is 0.302 e. The summed E-state index contributed by atoms with van der Waals surface area (Å²) in [5.41, 5.74) is 2.16. The lowest BCUT2D eigenvalue weighted by Crippen LogP contribution is -2.60. The Labute approximate surface area is 196 Å². The van der Waals surface area contributed by atoms with Crippen LogP contribution in [0.3, 0.4) is 0 Å². The molecule has 0 unspecified atom stereocenters. The minimum absolute atomic E-state index is 0.0210. The number of hydrogen-bond donors (Lipinski definition) is 0. The predicted octanol–water partition coefficient (Wildman–Crippen LogP) is 4.52. The molecule has 0 amide bonds. The van der Waals surface area contributed by atoms with Crippen LogP contribution in [0.25, 0.3) is 0 Å². The zero-order valence-electron chi connectivity index (χ0n) is 20.2. The predicted molar refractivity (Wildman–Crippen MR) is 121 cm³/mol. The highest BCUT2D eigenvalue weighted by molar-refractivity contribution is 5.72. The number of esters is 2. The fraction of sp³-hybridized carbons (Fsp3) is 0.741. The van der Waals surface area contributed by atoms with Crippen LogP contribution >= 0.6 is 0 Å². The van der Waals surface area contributed by atoms with Crippen LogP contribution in [-0.2, 0) is 28.6 Å². The highest BCUT2D eigenvalue weighted by Gasteiger charge is 2.65. The molecular formula is C27H36O6. The van der Waals surface area contributed by atoms with Crippen molar-refractivity contribution in [3.8, 4) is 0 Å². The topological polar surface area (TPSA) is 78.9 Å². The van der Waals surface area contributed by atoms with Crippen LogP contribution in [-0.4, -0.2) is 37.0 Å². The van der Waals surface area contributed by atoms with E-state index in [1.54, 1.807) is 0 Å². The first-order valence-corrected chi connectivity index (χ1v) is 12.5. The van der Waals surface area contributed by atoms with E-state index in [0.29, 0.717) is 30.1 Å². The summed E-state index contributed by atoms with van der Waals surface area (Å²) in [7, 11) is 0. The first kappa shape index (κ1) is 22.7. The summed E-state index contributed by atoms with van der Waals surface area (Å²) in [5.74, 6) is 1.53. The molecule has 33 heavy (non-hydrogen) atoms. The second-order valence-electron chi connectivity index (χ2n) is 11.3. The number of aldehydes is 1. The van der Waals surface area contributed by atoms with Gasteiger partial charge in [0.15, 0.2) is 12.0 Å². The molecule has 4 aliphatic carbocycles. The van der Waals surface area contributed by atoms with Gasteiger partial charge in [-0.15, -0.1) is 0 Å². The normalized spacial score (nSPS) is 43.7. The van der Waals surface area contributed by atoms with Gasteiger partial charge in [-0.25, -0.2) is 0 Å². The van der Waals surface area contributed by atoms with Crippen molar-refractivity contribution in [1.29, 1.82) is 0 Å². The minimum Gasteiger partial charge on any atom is -0.489 e. The Kier molecular flexibility index (Phi) is 5.49. The molecule has 3 saturated carbocycles. The molecule has 0 bridgehead atoms. The molecule has 5 aliphatic rings. The molecule has 1 spiro atoms. The van der Waals surface area contributed by atoms with Crippen LogP contribution < -0.4 is 0 Å². The van der Waals surface area contributed by atoms with E-state index in [1.807, 2.05) is 6.92 Å². The van der Waals surface area contributed by atoms with E-state index in [4.69, 9.17) is 14.2 Å². The average Bonchev–Trinajstić information content (AvgIpc) is 3.16. The molecule has 0 aromatic rings. The molecule has 0 saturated heterocycles. The van der Waals surface area contributed by atoms with Crippen LogP contribution in [0.5, 0.6) is 0 Å². The molecule has 5 rings (SSSR count). The van der Waals surface area contributed by atoms with Crippen LogP contribution in [0, 0.1) is 34.5 Å². The van der Waals surface area contributed by atoms with Gasteiger partial charge in [-0.2, -0.15) is 0 Å². The lowest BCUT2D eigenvalue weighted by Gasteiger charge is -2.62. The lowest BCUT2D eigenvalue weighted by molar-refractivity contribution is -0.177. The molecule has 1 aliphatic heterocycles. The summed E-state index contributed by atoms with van der Waals surface area (Å²) in [5, 5.41) is 0. The highest BCUT2D eigenvalue weighted by atomic mass is 16.6. The minimum atomic E-state index is -0.360. The number of carbonyl (C=O) groups excluding carboxylic acids is 3.